The third-order valence-corrected chi connectivity index (χ3v) is 3.44. The number of rotatable bonds is 4. The van der Waals surface area contributed by atoms with Crippen LogP contribution in [0, 0.1) is 0 Å². The molecule has 0 aliphatic carbocycles. The Labute approximate surface area is 116 Å². The topological polar surface area (TPSA) is 76.1 Å². The van der Waals surface area contributed by atoms with Gasteiger partial charge in [-0.1, -0.05) is 0 Å². The van der Waals surface area contributed by atoms with Crippen LogP contribution < -0.4 is 9.47 Å². The molecule has 0 aromatic heterocycles. The van der Waals surface area contributed by atoms with Gasteiger partial charge in [0.1, 0.15) is 17.5 Å². The molecule has 1 heterocycles. The highest BCUT2D eigenvalue weighted by molar-refractivity contribution is 5.99. The maximum absolute atomic E-state index is 12.5. The number of hydrogen-bond donors (Lipinski definition) is 1. The first-order valence-corrected chi connectivity index (χ1v) is 6.34. The van der Waals surface area contributed by atoms with E-state index >= 15 is 0 Å². The number of carbonyl (C=O) groups excluding carboxylic acids is 1. The van der Waals surface area contributed by atoms with Crippen LogP contribution in [0.5, 0.6) is 11.5 Å². The lowest BCUT2D eigenvalue weighted by molar-refractivity contribution is -0.141. The van der Waals surface area contributed by atoms with Crippen LogP contribution in [0.1, 0.15) is 23.2 Å². The van der Waals surface area contributed by atoms with Crippen LogP contribution in [0.25, 0.3) is 0 Å². The zero-order valence-corrected chi connectivity index (χ0v) is 11.5. The van der Waals surface area contributed by atoms with Gasteiger partial charge in [-0.15, -0.1) is 0 Å². The maximum Gasteiger partial charge on any atom is 0.326 e. The van der Waals surface area contributed by atoms with Gasteiger partial charge < -0.3 is 19.5 Å². The Balaban J connectivity index is 2.31. The van der Waals surface area contributed by atoms with Crippen molar-refractivity contribution in [1.29, 1.82) is 0 Å². The van der Waals surface area contributed by atoms with E-state index in [-0.39, 0.29) is 5.91 Å². The van der Waals surface area contributed by atoms with E-state index in [0.717, 1.165) is 0 Å². The molecule has 6 nitrogen and oxygen atoms in total. The van der Waals surface area contributed by atoms with Crippen molar-refractivity contribution in [3.8, 4) is 11.5 Å². The minimum atomic E-state index is -0.969. The second-order valence-corrected chi connectivity index (χ2v) is 4.56. The van der Waals surface area contributed by atoms with E-state index in [1.807, 2.05) is 0 Å². The zero-order chi connectivity index (χ0) is 14.7. The summed E-state index contributed by atoms with van der Waals surface area (Å²) in [5.41, 5.74) is 0.349. The van der Waals surface area contributed by atoms with Crippen LogP contribution in [0.3, 0.4) is 0 Å². The van der Waals surface area contributed by atoms with Crippen molar-refractivity contribution in [2.75, 3.05) is 20.8 Å². The molecule has 6 heteroatoms. The normalized spacial score (nSPS) is 17.9. The standard InChI is InChI=1S/C14H17NO5/c1-19-9-5-6-10(12(8-9)20-2)13(16)15-7-3-4-11(15)14(17)18/h5-6,8,11H,3-4,7H2,1-2H3,(H,17,18). The Bertz CT molecular complexity index is 528. The number of amides is 1. The maximum atomic E-state index is 12.5. The van der Waals surface area contributed by atoms with Crippen LogP contribution in [0.4, 0.5) is 0 Å². The van der Waals surface area contributed by atoms with Crippen molar-refractivity contribution < 1.29 is 24.2 Å². The highest BCUT2D eigenvalue weighted by Crippen LogP contribution is 2.28. The van der Waals surface area contributed by atoms with Gasteiger partial charge in [0.15, 0.2) is 0 Å². The lowest BCUT2D eigenvalue weighted by atomic mass is 10.1. The van der Waals surface area contributed by atoms with Gasteiger partial charge in [0.2, 0.25) is 0 Å². The van der Waals surface area contributed by atoms with Crippen molar-refractivity contribution in [2.24, 2.45) is 0 Å². The Morgan fingerprint density at radius 2 is 2.05 bits per heavy atom. The molecule has 2 rings (SSSR count). The molecule has 1 aliphatic rings. The molecule has 0 saturated carbocycles. The lowest BCUT2D eigenvalue weighted by Crippen LogP contribution is -2.40. The van der Waals surface area contributed by atoms with E-state index < -0.39 is 12.0 Å². The predicted molar refractivity (Wildman–Crippen MR) is 71.2 cm³/mol. The quantitative estimate of drug-likeness (QED) is 0.901. The van der Waals surface area contributed by atoms with E-state index in [1.165, 1.54) is 19.1 Å². The third kappa shape index (κ3) is 2.54. The lowest BCUT2D eigenvalue weighted by Gasteiger charge is -2.22. The fraction of sp³-hybridized carbons (Fsp3) is 0.429. The SMILES string of the molecule is COc1ccc(C(=O)N2CCCC2C(=O)O)c(OC)c1. The molecule has 1 saturated heterocycles. The molecule has 1 fully saturated rings. The van der Waals surface area contributed by atoms with Crippen LogP contribution >= 0.6 is 0 Å². The summed E-state index contributed by atoms with van der Waals surface area (Å²) in [6.45, 7) is 0.449. The number of hydrogen-bond acceptors (Lipinski definition) is 4. The highest BCUT2D eigenvalue weighted by atomic mass is 16.5. The number of carbonyl (C=O) groups is 2. The summed E-state index contributed by atoms with van der Waals surface area (Å²) >= 11 is 0. The molecule has 20 heavy (non-hydrogen) atoms. The van der Waals surface area contributed by atoms with Gasteiger partial charge in [0.25, 0.3) is 5.91 Å². The number of nitrogens with zero attached hydrogens (tertiary/aromatic N) is 1. The molecular weight excluding hydrogens is 262 g/mol. The number of carboxylic acid groups (broad SMARTS) is 1. The Morgan fingerprint density at radius 3 is 2.65 bits per heavy atom. The number of carboxylic acids is 1. The second-order valence-electron chi connectivity index (χ2n) is 4.56. The van der Waals surface area contributed by atoms with Crippen LogP contribution in [0.2, 0.25) is 0 Å². The largest absolute Gasteiger partial charge is 0.497 e. The number of ether oxygens (including phenoxy) is 2. The zero-order valence-electron chi connectivity index (χ0n) is 11.5. The predicted octanol–water partition coefficient (Wildman–Crippen LogP) is 1.39. The Hall–Kier alpha value is -2.24. The first-order valence-electron chi connectivity index (χ1n) is 6.34. The highest BCUT2D eigenvalue weighted by Gasteiger charge is 2.35. The van der Waals surface area contributed by atoms with E-state index in [0.29, 0.717) is 36.4 Å². The average molecular weight is 279 g/mol. The summed E-state index contributed by atoms with van der Waals surface area (Å²) in [5, 5.41) is 9.14. The van der Waals surface area contributed by atoms with Crippen molar-refractivity contribution in [3.05, 3.63) is 23.8 Å². The first kappa shape index (κ1) is 14.2. The molecular formula is C14H17NO5. The molecule has 0 radical (unpaired) electrons. The summed E-state index contributed by atoms with van der Waals surface area (Å²) < 4.78 is 10.3. The monoisotopic (exact) mass is 279 g/mol. The van der Waals surface area contributed by atoms with Gasteiger partial charge in [-0.05, 0) is 25.0 Å². The van der Waals surface area contributed by atoms with E-state index in [9.17, 15) is 9.59 Å². The van der Waals surface area contributed by atoms with Crippen molar-refractivity contribution in [2.45, 2.75) is 18.9 Å². The number of aliphatic carboxylic acids is 1. The van der Waals surface area contributed by atoms with Crippen LogP contribution in [0.15, 0.2) is 18.2 Å². The van der Waals surface area contributed by atoms with Crippen molar-refractivity contribution in [1.82, 2.24) is 4.90 Å². The molecule has 1 atom stereocenters. The van der Waals surface area contributed by atoms with Gasteiger partial charge in [-0.3, -0.25) is 4.79 Å². The summed E-state index contributed by atoms with van der Waals surface area (Å²) in [4.78, 5) is 25.0. The summed E-state index contributed by atoms with van der Waals surface area (Å²) in [7, 11) is 2.99. The molecule has 1 N–H and O–H groups in total. The third-order valence-electron chi connectivity index (χ3n) is 3.44. The number of benzene rings is 1. The number of likely N-dealkylation sites (tertiary alicyclic amines) is 1. The van der Waals surface area contributed by atoms with Crippen LogP contribution in [-0.4, -0.2) is 48.7 Å². The molecule has 1 aromatic rings. The van der Waals surface area contributed by atoms with Gasteiger partial charge in [0, 0.05) is 12.6 Å². The van der Waals surface area contributed by atoms with E-state index in [4.69, 9.17) is 14.6 Å². The van der Waals surface area contributed by atoms with E-state index in [2.05, 4.69) is 0 Å². The molecule has 1 unspecified atom stereocenters. The van der Waals surface area contributed by atoms with E-state index in [1.54, 1.807) is 18.2 Å². The van der Waals surface area contributed by atoms with Crippen LogP contribution in [-0.2, 0) is 4.79 Å². The average Bonchev–Trinajstić information content (AvgIpc) is 2.95. The summed E-state index contributed by atoms with van der Waals surface area (Å²) in [6.07, 6.45) is 1.18. The molecule has 1 aromatic carbocycles. The smallest absolute Gasteiger partial charge is 0.326 e. The summed E-state index contributed by atoms with van der Waals surface area (Å²) in [5.74, 6) is -0.335. The minimum absolute atomic E-state index is 0.325. The fourth-order valence-electron chi connectivity index (χ4n) is 2.40. The van der Waals surface area contributed by atoms with Gasteiger partial charge in [-0.25, -0.2) is 4.79 Å². The number of methoxy groups -OCH3 is 2. The van der Waals surface area contributed by atoms with Gasteiger partial charge >= 0.3 is 5.97 Å². The Morgan fingerprint density at radius 1 is 1.30 bits per heavy atom. The first-order chi connectivity index (χ1) is 9.58. The van der Waals surface area contributed by atoms with Crippen molar-refractivity contribution >= 4 is 11.9 Å². The summed E-state index contributed by atoms with van der Waals surface area (Å²) in [6, 6.07) is 4.10. The fourth-order valence-corrected chi connectivity index (χ4v) is 2.40. The van der Waals surface area contributed by atoms with Crippen molar-refractivity contribution in [3.63, 3.8) is 0 Å². The van der Waals surface area contributed by atoms with Gasteiger partial charge in [0.05, 0.1) is 19.8 Å². The Kier molecular flexibility index (Phi) is 4.12. The molecule has 108 valence electrons. The molecule has 1 amide bonds. The molecule has 0 bridgehead atoms. The molecule has 1 aliphatic heterocycles. The molecule has 0 spiro atoms. The minimum Gasteiger partial charge on any atom is -0.497 e. The van der Waals surface area contributed by atoms with Gasteiger partial charge in [-0.2, -0.15) is 0 Å². The second kappa shape index (κ2) is 5.81.